The molecule has 0 aliphatic carbocycles. The second-order valence-corrected chi connectivity index (χ2v) is 7.15. The van der Waals surface area contributed by atoms with Gasteiger partial charge in [-0.25, -0.2) is 18.5 Å². The van der Waals surface area contributed by atoms with Crippen LogP contribution < -0.4 is 5.14 Å². The predicted molar refractivity (Wildman–Crippen MR) is 79.4 cm³/mol. The van der Waals surface area contributed by atoms with Crippen molar-refractivity contribution >= 4 is 10.0 Å². The maximum Gasteiger partial charge on any atom is 0.257 e. The van der Waals surface area contributed by atoms with E-state index in [-0.39, 0.29) is 17.0 Å². The number of hydrogen-bond acceptors (Lipinski definition) is 4. The molecule has 8 heteroatoms. The van der Waals surface area contributed by atoms with Gasteiger partial charge in [0.2, 0.25) is 0 Å². The Morgan fingerprint density at radius 2 is 1.95 bits per heavy atom. The summed E-state index contributed by atoms with van der Waals surface area (Å²) in [5.74, 6) is 0.769. The summed E-state index contributed by atoms with van der Waals surface area (Å²) in [5, 5.41) is 9.51. The molecule has 0 saturated heterocycles. The quantitative estimate of drug-likeness (QED) is 0.904. The van der Waals surface area contributed by atoms with Gasteiger partial charge < -0.3 is 4.57 Å². The topological polar surface area (TPSA) is 95.8 Å². The molecular weight excluding hydrogens is 290 g/mol. The van der Waals surface area contributed by atoms with Crippen molar-refractivity contribution in [1.29, 1.82) is 0 Å². The third-order valence-corrected chi connectivity index (χ3v) is 3.90. The standard InChI is InChI=1S/C13H21N5O2S/c1-9(2)13-15-12(21(14,19)20)8-17(13)7-11-5-6-18(16-11)10(3)4/h5-6,8-10H,7H2,1-4H3,(H2,14,19,20). The highest BCUT2D eigenvalue weighted by atomic mass is 32.2. The highest BCUT2D eigenvalue weighted by molar-refractivity contribution is 7.89. The van der Waals surface area contributed by atoms with Crippen LogP contribution in [0, 0.1) is 0 Å². The van der Waals surface area contributed by atoms with E-state index < -0.39 is 10.0 Å². The fraction of sp³-hybridized carbons (Fsp3) is 0.538. The third kappa shape index (κ3) is 3.51. The number of nitrogens with two attached hydrogens (primary N) is 1. The van der Waals surface area contributed by atoms with Crippen LogP contribution in [-0.2, 0) is 16.6 Å². The van der Waals surface area contributed by atoms with Crippen molar-refractivity contribution in [3.05, 3.63) is 30.0 Å². The first-order chi connectivity index (χ1) is 9.68. The van der Waals surface area contributed by atoms with E-state index in [4.69, 9.17) is 5.14 Å². The van der Waals surface area contributed by atoms with Gasteiger partial charge in [-0.15, -0.1) is 0 Å². The molecule has 0 aliphatic rings. The molecule has 7 nitrogen and oxygen atoms in total. The Kier molecular flexibility index (Phi) is 4.20. The Labute approximate surface area is 124 Å². The van der Waals surface area contributed by atoms with Gasteiger partial charge in [-0.2, -0.15) is 5.10 Å². The average Bonchev–Trinajstić information content (AvgIpc) is 2.95. The van der Waals surface area contributed by atoms with Crippen LogP contribution in [0.3, 0.4) is 0 Å². The molecule has 0 aromatic carbocycles. The van der Waals surface area contributed by atoms with Gasteiger partial charge in [0.05, 0.1) is 12.2 Å². The van der Waals surface area contributed by atoms with Gasteiger partial charge in [0.15, 0.2) is 5.03 Å². The summed E-state index contributed by atoms with van der Waals surface area (Å²) in [6.07, 6.45) is 3.38. The van der Waals surface area contributed by atoms with Crippen molar-refractivity contribution in [2.75, 3.05) is 0 Å². The number of hydrogen-bond donors (Lipinski definition) is 1. The van der Waals surface area contributed by atoms with Gasteiger partial charge in [-0.1, -0.05) is 13.8 Å². The molecule has 0 amide bonds. The van der Waals surface area contributed by atoms with E-state index >= 15 is 0 Å². The lowest BCUT2D eigenvalue weighted by atomic mass is 10.2. The molecule has 0 atom stereocenters. The van der Waals surface area contributed by atoms with Crippen molar-refractivity contribution < 1.29 is 8.42 Å². The van der Waals surface area contributed by atoms with Gasteiger partial charge in [0, 0.05) is 24.4 Å². The van der Waals surface area contributed by atoms with Crippen LogP contribution in [0.25, 0.3) is 0 Å². The number of primary sulfonamides is 1. The van der Waals surface area contributed by atoms with Crippen molar-refractivity contribution in [3.63, 3.8) is 0 Å². The average molecular weight is 311 g/mol. The molecule has 0 aliphatic heterocycles. The lowest BCUT2D eigenvalue weighted by Crippen LogP contribution is -2.12. The maximum absolute atomic E-state index is 11.4. The van der Waals surface area contributed by atoms with Crippen LogP contribution in [0.15, 0.2) is 23.5 Å². The van der Waals surface area contributed by atoms with Crippen LogP contribution in [0.1, 0.15) is 51.2 Å². The van der Waals surface area contributed by atoms with E-state index in [0.29, 0.717) is 12.4 Å². The zero-order chi connectivity index (χ0) is 15.8. The van der Waals surface area contributed by atoms with Gasteiger partial charge in [-0.3, -0.25) is 4.68 Å². The first-order valence-electron chi connectivity index (χ1n) is 6.82. The van der Waals surface area contributed by atoms with Gasteiger partial charge in [-0.05, 0) is 19.9 Å². The second-order valence-electron chi connectivity index (χ2n) is 5.65. The highest BCUT2D eigenvalue weighted by Gasteiger charge is 2.18. The number of sulfonamides is 1. The summed E-state index contributed by atoms with van der Waals surface area (Å²) in [6.45, 7) is 8.48. The molecule has 116 valence electrons. The highest BCUT2D eigenvalue weighted by Crippen LogP contribution is 2.18. The number of nitrogens with zero attached hydrogens (tertiary/aromatic N) is 4. The maximum atomic E-state index is 11.4. The number of aromatic nitrogens is 4. The predicted octanol–water partition coefficient (Wildman–Crippen LogP) is 1.48. The van der Waals surface area contributed by atoms with E-state index in [9.17, 15) is 8.42 Å². The summed E-state index contributed by atoms with van der Waals surface area (Å²) >= 11 is 0. The molecule has 2 rings (SSSR count). The summed E-state index contributed by atoms with van der Waals surface area (Å²) < 4.78 is 26.6. The molecule has 0 unspecified atom stereocenters. The number of imidazole rings is 1. The summed E-state index contributed by atoms with van der Waals surface area (Å²) in [7, 11) is -3.80. The zero-order valence-corrected chi connectivity index (χ0v) is 13.5. The Balaban J connectivity index is 2.36. The molecule has 2 aromatic rings. The lowest BCUT2D eigenvalue weighted by Gasteiger charge is -2.08. The number of rotatable bonds is 5. The van der Waals surface area contributed by atoms with Crippen molar-refractivity contribution in [3.8, 4) is 0 Å². The molecule has 21 heavy (non-hydrogen) atoms. The van der Waals surface area contributed by atoms with Gasteiger partial charge in [0.1, 0.15) is 5.82 Å². The minimum atomic E-state index is -3.80. The Morgan fingerprint density at radius 3 is 2.43 bits per heavy atom. The monoisotopic (exact) mass is 311 g/mol. The minimum absolute atomic E-state index is 0.0904. The Morgan fingerprint density at radius 1 is 1.29 bits per heavy atom. The summed E-state index contributed by atoms with van der Waals surface area (Å²) in [5.41, 5.74) is 0.851. The molecule has 2 aromatic heterocycles. The fourth-order valence-electron chi connectivity index (χ4n) is 2.05. The SMILES string of the molecule is CC(C)c1nc(S(N)(=O)=O)cn1Cc1ccn(C(C)C)n1. The molecule has 0 saturated carbocycles. The summed E-state index contributed by atoms with van der Waals surface area (Å²) in [6, 6.07) is 2.20. The van der Waals surface area contributed by atoms with E-state index in [1.165, 1.54) is 6.20 Å². The normalized spacial score (nSPS) is 12.5. The largest absolute Gasteiger partial charge is 0.327 e. The molecule has 0 spiro atoms. The van der Waals surface area contributed by atoms with Crippen molar-refractivity contribution in [2.45, 2.75) is 51.2 Å². The fourth-order valence-corrected chi connectivity index (χ4v) is 2.55. The van der Waals surface area contributed by atoms with Crippen LogP contribution in [0.5, 0.6) is 0 Å². The smallest absolute Gasteiger partial charge is 0.257 e. The minimum Gasteiger partial charge on any atom is -0.327 e. The Bertz CT molecular complexity index is 728. The third-order valence-electron chi connectivity index (χ3n) is 3.12. The Hall–Kier alpha value is -1.67. The van der Waals surface area contributed by atoms with Crippen LogP contribution in [-0.4, -0.2) is 27.7 Å². The van der Waals surface area contributed by atoms with Crippen LogP contribution in [0.2, 0.25) is 0 Å². The summed E-state index contributed by atoms with van der Waals surface area (Å²) in [4.78, 5) is 4.13. The zero-order valence-electron chi connectivity index (χ0n) is 12.7. The van der Waals surface area contributed by atoms with Gasteiger partial charge >= 0.3 is 0 Å². The van der Waals surface area contributed by atoms with Crippen LogP contribution >= 0.6 is 0 Å². The van der Waals surface area contributed by atoms with Crippen molar-refractivity contribution in [2.24, 2.45) is 5.14 Å². The van der Waals surface area contributed by atoms with Gasteiger partial charge in [0.25, 0.3) is 10.0 Å². The lowest BCUT2D eigenvalue weighted by molar-refractivity contribution is 0.522. The molecule has 0 radical (unpaired) electrons. The second kappa shape index (κ2) is 5.61. The molecular formula is C13H21N5O2S. The molecule has 0 bridgehead atoms. The first kappa shape index (κ1) is 15.7. The molecule has 2 heterocycles. The van der Waals surface area contributed by atoms with E-state index in [0.717, 1.165) is 5.69 Å². The van der Waals surface area contributed by atoms with Crippen molar-refractivity contribution in [1.82, 2.24) is 19.3 Å². The first-order valence-corrected chi connectivity index (χ1v) is 8.37. The van der Waals surface area contributed by atoms with E-state index in [2.05, 4.69) is 10.1 Å². The van der Waals surface area contributed by atoms with Crippen LogP contribution in [0.4, 0.5) is 0 Å². The van der Waals surface area contributed by atoms with E-state index in [1.807, 2.05) is 44.6 Å². The van der Waals surface area contributed by atoms with E-state index in [1.54, 1.807) is 4.57 Å². The molecule has 2 N–H and O–H groups in total. The molecule has 0 fully saturated rings.